The Morgan fingerprint density at radius 1 is 0.769 bits per heavy atom. The summed E-state index contributed by atoms with van der Waals surface area (Å²) in [4.78, 5) is 0. The number of hydrogen-bond donors (Lipinski definition) is 2. The summed E-state index contributed by atoms with van der Waals surface area (Å²) >= 11 is 0. The van der Waals surface area contributed by atoms with E-state index < -0.39 is 0 Å². The average Bonchev–Trinajstić information content (AvgIpc) is 2.16. The van der Waals surface area contributed by atoms with Crippen LogP contribution in [0.4, 0.5) is 0 Å². The monoisotopic (exact) mass is 182 g/mol. The fraction of sp³-hybridized carbons (Fsp3) is 1.00. The summed E-state index contributed by atoms with van der Waals surface area (Å²) in [6, 6.07) is 0.586. The van der Waals surface area contributed by atoms with E-state index in [1.54, 1.807) is 6.42 Å². The molecule has 76 valence electrons. The first-order valence-electron chi connectivity index (χ1n) is 5.66. The highest BCUT2D eigenvalue weighted by molar-refractivity contribution is 4.99. The topological polar surface area (TPSA) is 52.0 Å². The molecule has 0 spiro atoms. The molecule has 4 bridgehead atoms. The van der Waals surface area contributed by atoms with Crippen LogP contribution < -0.4 is 11.5 Å². The molecule has 4 N–H and O–H groups in total. The van der Waals surface area contributed by atoms with Crippen LogP contribution in [-0.2, 0) is 0 Å². The van der Waals surface area contributed by atoms with Crippen molar-refractivity contribution in [1.82, 2.24) is 0 Å². The summed E-state index contributed by atoms with van der Waals surface area (Å²) in [5.74, 6) is 4.01. The summed E-state index contributed by atoms with van der Waals surface area (Å²) in [5, 5.41) is 0. The minimum atomic E-state index is 0.586. The molecule has 4 rings (SSSR count). The van der Waals surface area contributed by atoms with Gasteiger partial charge in [0.2, 0.25) is 0 Å². The molecule has 2 heteroatoms. The minimum Gasteiger partial charge on any atom is -0.333 e. The summed E-state index contributed by atoms with van der Waals surface area (Å²) in [6.07, 6.45) is 7.41. The summed E-state index contributed by atoms with van der Waals surface area (Å²) in [5.41, 5.74) is 10.7. The molecule has 4 saturated carbocycles. The lowest BCUT2D eigenvalue weighted by Gasteiger charge is -2.53. The molecular formula is C11H22N2. The van der Waals surface area contributed by atoms with E-state index in [-0.39, 0.29) is 0 Å². The predicted molar refractivity (Wildman–Crippen MR) is 55.1 cm³/mol. The Kier molecular flexibility index (Phi) is 2.61. The van der Waals surface area contributed by atoms with Crippen LogP contribution in [0.25, 0.3) is 0 Å². The van der Waals surface area contributed by atoms with Gasteiger partial charge in [-0.25, -0.2) is 0 Å². The molecule has 0 aromatic carbocycles. The molecule has 0 saturated heterocycles. The van der Waals surface area contributed by atoms with E-state index in [9.17, 15) is 0 Å². The highest BCUT2D eigenvalue weighted by Gasteiger charge is 2.46. The van der Waals surface area contributed by atoms with Crippen LogP contribution in [-0.4, -0.2) is 13.1 Å². The molecule has 4 aliphatic rings. The zero-order valence-corrected chi connectivity index (χ0v) is 8.58. The second-order valence-electron chi connectivity index (χ2n) is 5.01. The lowest BCUT2D eigenvalue weighted by molar-refractivity contribution is 0.000349. The van der Waals surface area contributed by atoms with E-state index in [1.165, 1.54) is 32.7 Å². The van der Waals surface area contributed by atoms with Crippen molar-refractivity contribution in [2.75, 3.05) is 7.05 Å². The smallest absolute Gasteiger partial charge is 0.00960 e. The van der Waals surface area contributed by atoms with Crippen LogP contribution in [0.3, 0.4) is 0 Å². The predicted octanol–water partition coefficient (Wildman–Crippen LogP) is 1.34. The van der Waals surface area contributed by atoms with Gasteiger partial charge < -0.3 is 11.5 Å². The molecule has 0 aromatic rings. The van der Waals surface area contributed by atoms with Gasteiger partial charge >= 0.3 is 0 Å². The first-order chi connectivity index (χ1) is 6.33. The summed E-state index contributed by atoms with van der Waals surface area (Å²) in [7, 11) is 1.50. The molecule has 13 heavy (non-hydrogen) atoms. The van der Waals surface area contributed by atoms with Crippen molar-refractivity contribution in [2.45, 2.75) is 38.1 Å². The lowest BCUT2D eigenvalue weighted by Crippen LogP contribution is -2.52. The van der Waals surface area contributed by atoms with Gasteiger partial charge in [0.05, 0.1) is 0 Å². The Morgan fingerprint density at radius 3 is 1.54 bits per heavy atom. The molecule has 0 atom stereocenters. The van der Waals surface area contributed by atoms with Crippen molar-refractivity contribution < 1.29 is 0 Å². The van der Waals surface area contributed by atoms with Gasteiger partial charge in [0, 0.05) is 6.04 Å². The highest BCUT2D eigenvalue weighted by atomic mass is 14.7. The lowest BCUT2D eigenvalue weighted by atomic mass is 9.54. The first-order valence-corrected chi connectivity index (χ1v) is 5.66. The van der Waals surface area contributed by atoms with Crippen LogP contribution in [0, 0.1) is 23.7 Å². The zero-order chi connectivity index (χ0) is 9.42. The van der Waals surface area contributed by atoms with Gasteiger partial charge in [-0.15, -0.1) is 0 Å². The van der Waals surface area contributed by atoms with Crippen molar-refractivity contribution in [1.29, 1.82) is 0 Å². The van der Waals surface area contributed by atoms with Crippen LogP contribution in [0.2, 0.25) is 0 Å². The van der Waals surface area contributed by atoms with Gasteiger partial charge in [-0.1, -0.05) is 0 Å². The van der Waals surface area contributed by atoms with E-state index in [0.717, 1.165) is 23.7 Å². The van der Waals surface area contributed by atoms with Crippen LogP contribution in [0.1, 0.15) is 32.1 Å². The zero-order valence-electron chi connectivity index (χ0n) is 8.58. The number of rotatable bonds is 0. The number of hydrogen-bond acceptors (Lipinski definition) is 2. The van der Waals surface area contributed by atoms with Gasteiger partial charge in [0.15, 0.2) is 0 Å². The summed E-state index contributed by atoms with van der Waals surface area (Å²) < 4.78 is 0. The summed E-state index contributed by atoms with van der Waals surface area (Å²) in [6.45, 7) is 0. The SMILES string of the molecule is CN.NC1C2CC3CC(C2)CC1C3. The van der Waals surface area contributed by atoms with Crippen LogP contribution >= 0.6 is 0 Å². The first kappa shape index (κ1) is 9.47. The average molecular weight is 182 g/mol. The molecule has 2 nitrogen and oxygen atoms in total. The molecular weight excluding hydrogens is 160 g/mol. The molecule has 0 aliphatic heterocycles. The van der Waals surface area contributed by atoms with Crippen molar-refractivity contribution in [3.63, 3.8) is 0 Å². The molecule has 0 aromatic heterocycles. The fourth-order valence-corrected chi connectivity index (χ4v) is 3.97. The van der Waals surface area contributed by atoms with Gasteiger partial charge in [-0.05, 0) is 62.8 Å². The van der Waals surface area contributed by atoms with Crippen molar-refractivity contribution in [3.05, 3.63) is 0 Å². The Labute approximate surface area is 81.1 Å². The van der Waals surface area contributed by atoms with Crippen LogP contribution in [0.15, 0.2) is 0 Å². The van der Waals surface area contributed by atoms with Crippen molar-refractivity contribution in [3.8, 4) is 0 Å². The van der Waals surface area contributed by atoms with E-state index >= 15 is 0 Å². The molecule has 4 aliphatic carbocycles. The third-order valence-corrected chi connectivity index (χ3v) is 4.30. The molecule has 0 amide bonds. The second kappa shape index (κ2) is 3.58. The van der Waals surface area contributed by atoms with E-state index in [1.807, 2.05) is 0 Å². The van der Waals surface area contributed by atoms with Crippen molar-refractivity contribution in [2.24, 2.45) is 35.1 Å². The van der Waals surface area contributed by atoms with Gasteiger partial charge in [0.1, 0.15) is 0 Å². The Bertz CT molecular complexity index is 151. The van der Waals surface area contributed by atoms with Gasteiger partial charge in [-0.2, -0.15) is 0 Å². The minimum absolute atomic E-state index is 0.586. The molecule has 4 fully saturated rings. The Morgan fingerprint density at radius 2 is 1.15 bits per heavy atom. The maximum Gasteiger partial charge on any atom is 0.00960 e. The van der Waals surface area contributed by atoms with Gasteiger partial charge in [0.25, 0.3) is 0 Å². The highest BCUT2D eigenvalue weighted by Crippen LogP contribution is 2.52. The normalized spacial score (nSPS) is 51.5. The van der Waals surface area contributed by atoms with Crippen LogP contribution in [0.5, 0.6) is 0 Å². The molecule has 0 heterocycles. The Hall–Kier alpha value is -0.0800. The maximum atomic E-state index is 6.17. The van der Waals surface area contributed by atoms with E-state index in [4.69, 9.17) is 5.73 Å². The quantitative estimate of drug-likeness (QED) is 0.594. The van der Waals surface area contributed by atoms with E-state index in [0.29, 0.717) is 6.04 Å². The fourth-order valence-electron chi connectivity index (χ4n) is 3.97. The van der Waals surface area contributed by atoms with Gasteiger partial charge in [-0.3, -0.25) is 0 Å². The standard InChI is InChI=1S/C10H17N.CH5N/c11-10-8-2-6-1-7(4-8)5-9(10)3-6;1-2/h6-10H,1-5,11H2;2H2,1H3. The second-order valence-corrected chi connectivity index (χ2v) is 5.01. The van der Waals surface area contributed by atoms with Crippen molar-refractivity contribution >= 4 is 0 Å². The largest absolute Gasteiger partial charge is 0.333 e. The van der Waals surface area contributed by atoms with E-state index in [2.05, 4.69) is 5.73 Å². The molecule has 0 unspecified atom stereocenters. The Balaban J connectivity index is 0.000000308. The number of nitrogens with two attached hydrogens (primary N) is 2. The third kappa shape index (κ3) is 1.50. The molecule has 0 radical (unpaired) electrons. The third-order valence-electron chi connectivity index (χ3n) is 4.30. The maximum absolute atomic E-state index is 6.17.